The van der Waals surface area contributed by atoms with E-state index in [1.165, 1.54) is 0 Å². The second kappa shape index (κ2) is 3.75. The number of imidazole rings is 1. The van der Waals surface area contributed by atoms with Crippen molar-refractivity contribution in [3.8, 4) is 0 Å². The van der Waals surface area contributed by atoms with Crippen molar-refractivity contribution in [3.05, 3.63) is 35.3 Å². The summed E-state index contributed by atoms with van der Waals surface area (Å²) >= 11 is 0. The highest BCUT2D eigenvalue weighted by atomic mass is 16.5. The van der Waals surface area contributed by atoms with E-state index < -0.39 is 0 Å². The molecule has 0 unspecified atom stereocenters. The lowest BCUT2D eigenvalue weighted by atomic mass is 10.1. The molecule has 0 spiro atoms. The molecule has 1 fully saturated rings. The Kier molecular flexibility index (Phi) is 2.25. The van der Waals surface area contributed by atoms with Gasteiger partial charge in [0, 0.05) is 31.6 Å². The number of rotatable bonds is 1. The van der Waals surface area contributed by atoms with Crippen LogP contribution in [0.3, 0.4) is 0 Å². The number of hydrogen-bond acceptors (Lipinski definition) is 3. The maximum Gasteiger partial charge on any atom is 0.276 e. The van der Waals surface area contributed by atoms with Crippen LogP contribution in [0, 0.1) is 0 Å². The summed E-state index contributed by atoms with van der Waals surface area (Å²) in [4.78, 5) is 16.1. The molecule has 2 aromatic heterocycles. The van der Waals surface area contributed by atoms with Gasteiger partial charge in [0.2, 0.25) is 0 Å². The molecule has 0 aromatic carbocycles. The van der Waals surface area contributed by atoms with E-state index in [9.17, 15) is 4.79 Å². The third-order valence-corrected chi connectivity index (χ3v) is 3.09. The van der Waals surface area contributed by atoms with E-state index in [4.69, 9.17) is 4.74 Å². The summed E-state index contributed by atoms with van der Waals surface area (Å²) in [5.41, 5.74) is 0.667. The third kappa shape index (κ3) is 1.44. The summed E-state index contributed by atoms with van der Waals surface area (Å²) in [5.74, 6) is 0. The molecule has 1 aliphatic heterocycles. The fourth-order valence-corrected chi connectivity index (χ4v) is 2.18. The van der Waals surface area contributed by atoms with Crippen LogP contribution in [0.5, 0.6) is 0 Å². The summed E-state index contributed by atoms with van der Waals surface area (Å²) in [6.45, 7) is 1.48. The lowest BCUT2D eigenvalue weighted by Gasteiger charge is -2.24. The minimum atomic E-state index is 0.0342. The van der Waals surface area contributed by atoms with Crippen molar-refractivity contribution in [2.75, 3.05) is 13.2 Å². The third-order valence-electron chi connectivity index (χ3n) is 3.09. The van der Waals surface area contributed by atoms with Crippen LogP contribution in [0.1, 0.15) is 18.9 Å². The minimum absolute atomic E-state index is 0.0342. The van der Waals surface area contributed by atoms with Crippen molar-refractivity contribution in [3.63, 3.8) is 0 Å². The van der Waals surface area contributed by atoms with Crippen LogP contribution < -0.4 is 5.56 Å². The molecular formula is C11H13N3O2. The topological polar surface area (TPSA) is 48.5 Å². The van der Waals surface area contributed by atoms with Crippen molar-refractivity contribution >= 4 is 5.52 Å². The first-order valence-corrected chi connectivity index (χ1v) is 5.47. The van der Waals surface area contributed by atoms with Crippen molar-refractivity contribution in [1.29, 1.82) is 0 Å². The quantitative estimate of drug-likeness (QED) is 0.714. The van der Waals surface area contributed by atoms with Gasteiger partial charge in [0.15, 0.2) is 0 Å². The molecule has 0 bridgehead atoms. The van der Waals surface area contributed by atoms with Gasteiger partial charge in [-0.1, -0.05) is 0 Å². The molecule has 16 heavy (non-hydrogen) atoms. The predicted octanol–water partition coefficient (Wildman–Crippen LogP) is 0.847. The average molecular weight is 219 g/mol. The number of nitrogens with zero attached hydrogens (tertiary/aromatic N) is 3. The Bertz CT molecular complexity index is 552. The zero-order valence-corrected chi connectivity index (χ0v) is 8.87. The Balaban J connectivity index is 2.09. The number of hydrogen-bond donors (Lipinski definition) is 0. The molecule has 0 aliphatic carbocycles. The van der Waals surface area contributed by atoms with Crippen LogP contribution in [-0.4, -0.2) is 27.2 Å². The van der Waals surface area contributed by atoms with Gasteiger partial charge in [-0.15, -0.1) is 0 Å². The zero-order chi connectivity index (χ0) is 11.0. The molecule has 84 valence electrons. The Morgan fingerprint density at radius 1 is 1.31 bits per heavy atom. The van der Waals surface area contributed by atoms with Gasteiger partial charge in [-0.3, -0.25) is 4.79 Å². The Hall–Kier alpha value is -1.62. The van der Waals surface area contributed by atoms with Crippen LogP contribution >= 0.6 is 0 Å². The van der Waals surface area contributed by atoms with E-state index in [0.717, 1.165) is 26.1 Å². The molecule has 0 atom stereocenters. The van der Waals surface area contributed by atoms with Crippen molar-refractivity contribution in [2.45, 2.75) is 18.9 Å². The van der Waals surface area contributed by atoms with Gasteiger partial charge in [-0.2, -0.15) is 0 Å². The van der Waals surface area contributed by atoms with E-state index in [1.54, 1.807) is 21.5 Å². The van der Waals surface area contributed by atoms with Crippen molar-refractivity contribution < 1.29 is 4.74 Å². The van der Waals surface area contributed by atoms with Crippen LogP contribution in [0.2, 0.25) is 0 Å². The van der Waals surface area contributed by atoms with Gasteiger partial charge in [-0.25, -0.2) is 4.98 Å². The highest BCUT2D eigenvalue weighted by Crippen LogP contribution is 2.18. The normalized spacial score (nSPS) is 18.0. The summed E-state index contributed by atoms with van der Waals surface area (Å²) in [6.07, 6.45) is 8.78. The smallest absolute Gasteiger partial charge is 0.276 e. The summed E-state index contributed by atoms with van der Waals surface area (Å²) in [7, 11) is 0. The maximum absolute atomic E-state index is 12.2. The summed E-state index contributed by atoms with van der Waals surface area (Å²) in [6, 6.07) is 0.265. The van der Waals surface area contributed by atoms with E-state index in [0.29, 0.717) is 5.52 Å². The lowest BCUT2D eigenvalue weighted by Crippen LogP contribution is -2.29. The second-order valence-electron chi connectivity index (χ2n) is 4.04. The number of fused-ring (bicyclic) bond motifs is 1. The van der Waals surface area contributed by atoms with Crippen LogP contribution in [0.25, 0.3) is 5.52 Å². The first-order valence-electron chi connectivity index (χ1n) is 5.47. The molecular weight excluding hydrogens is 206 g/mol. The van der Waals surface area contributed by atoms with Crippen molar-refractivity contribution in [1.82, 2.24) is 14.0 Å². The van der Waals surface area contributed by atoms with Gasteiger partial charge in [-0.05, 0) is 12.8 Å². The molecule has 3 rings (SSSR count). The molecule has 1 aliphatic rings. The van der Waals surface area contributed by atoms with E-state index in [-0.39, 0.29) is 11.6 Å². The standard InChI is InChI=1S/C11H13N3O2/c15-11-10-7-12-8-13(10)3-4-14(11)9-1-5-16-6-2-9/h3-4,7-9H,1-2,5-6H2. The SMILES string of the molecule is O=c1c2cncn2ccn1C1CCOCC1. The fraction of sp³-hybridized carbons (Fsp3) is 0.455. The molecule has 3 heterocycles. The fourth-order valence-electron chi connectivity index (χ4n) is 2.18. The zero-order valence-electron chi connectivity index (χ0n) is 8.87. The molecule has 5 heteroatoms. The number of ether oxygens (including phenoxy) is 1. The lowest BCUT2D eigenvalue weighted by molar-refractivity contribution is 0.0687. The predicted molar refractivity (Wildman–Crippen MR) is 58.5 cm³/mol. The van der Waals surface area contributed by atoms with Gasteiger partial charge >= 0.3 is 0 Å². The molecule has 0 amide bonds. The van der Waals surface area contributed by atoms with Crippen LogP contribution in [0.4, 0.5) is 0 Å². The molecule has 0 saturated carbocycles. The van der Waals surface area contributed by atoms with E-state index in [2.05, 4.69) is 4.98 Å². The van der Waals surface area contributed by atoms with Gasteiger partial charge in [0.05, 0.1) is 12.5 Å². The molecule has 2 aromatic rings. The Labute approximate surface area is 92.3 Å². The van der Waals surface area contributed by atoms with Crippen LogP contribution in [-0.2, 0) is 4.74 Å². The molecule has 5 nitrogen and oxygen atoms in total. The molecule has 0 radical (unpaired) electrons. The van der Waals surface area contributed by atoms with Gasteiger partial charge in [0.25, 0.3) is 5.56 Å². The highest BCUT2D eigenvalue weighted by Gasteiger charge is 2.17. The Morgan fingerprint density at radius 2 is 2.12 bits per heavy atom. The van der Waals surface area contributed by atoms with Crippen LogP contribution in [0.15, 0.2) is 29.7 Å². The van der Waals surface area contributed by atoms with Gasteiger partial charge in [0.1, 0.15) is 5.52 Å². The van der Waals surface area contributed by atoms with E-state index >= 15 is 0 Å². The summed E-state index contributed by atoms with van der Waals surface area (Å²) in [5, 5.41) is 0. The molecule has 0 N–H and O–H groups in total. The first-order chi connectivity index (χ1) is 7.86. The second-order valence-corrected chi connectivity index (χ2v) is 4.04. The minimum Gasteiger partial charge on any atom is -0.381 e. The van der Waals surface area contributed by atoms with Crippen molar-refractivity contribution in [2.24, 2.45) is 0 Å². The Morgan fingerprint density at radius 3 is 2.94 bits per heavy atom. The monoisotopic (exact) mass is 219 g/mol. The van der Waals surface area contributed by atoms with E-state index in [1.807, 2.05) is 12.4 Å². The highest BCUT2D eigenvalue weighted by molar-refractivity contribution is 5.41. The van der Waals surface area contributed by atoms with Gasteiger partial charge < -0.3 is 13.7 Å². The molecule has 1 saturated heterocycles. The number of aromatic nitrogens is 3. The largest absolute Gasteiger partial charge is 0.381 e. The average Bonchev–Trinajstić information content (AvgIpc) is 2.80. The maximum atomic E-state index is 12.2. The first kappa shape index (κ1) is 9.59. The summed E-state index contributed by atoms with van der Waals surface area (Å²) < 4.78 is 8.85.